The van der Waals surface area contributed by atoms with Gasteiger partial charge in [0.1, 0.15) is 11.2 Å². The summed E-state index contributed by atoms with van der Waals surface area (Å²) in [6, 6.07) is 68.2. The summed E-state index contributed by atoms with van der Waals surface area (Å²) in [6.45, 7) is 0. The molecule has 0 saturated carbocycles. The molecule has 5 nitrogen and oxygen atoms in total. The Kier molecular flexibility index (Phi) is 6.86. The highest BCUT2D eigenvalue weighted by atomic mass is 16.3. The Hall–Kier alpha value is -7.76. The lowest BCUT2D eigenvalue weighted by molar-refractivity contribution is 0.669. The van der Waals surface area contributed by atoms with Gasteiger partial charge in [-0.1, -0.05) is 140 Å². The summed E-state index contributed by atoms with van der Waals surface area (Å²) >= 11 is 0. The van der Waals surface area contributed by atoms with Crippen molar-refractivity contribution >= 4 is 65.6 Å². The maximum Gasteiger partial charge on any atom is 0.160 e. The molecule has 0 aliphatic carbocycles. The topological polar surface area (TPSA) is 48.8 Å². The number of furan rings is 1. The SMILES string of the molecule is c1ccc(-c2cc(-c3ccccc3)nc(-c3ccc4c(c3)oc3cccc(-n5c6ccccc6c6ccc7c8ccccc8n(-c8ccccc8)c7c65)c34)n2)cc1. The van der Waals surface area contributed by atoms with Crippen LogP contribution in [0.15, 0.2) is 199 Å². The predicted octanol–water partition coefficient (Wildman–Crippen LogP) is 13.6. The molecule has 0 amide bonds. The van der Waals surface area contributed by atoms with E-state index in [1.54, 1.807) is 0 Å². The number of fused-ring (bicyclic) bond motifs is 10. The monoisotopic (exact) mass is 728 g/mol. The first-order chi connectivity index (χ1) is 28.3. The molecule has 4 aromatic heterocycles. The van der Waals surface area contributed by atoms with Crippen LogP contribution in [0.2, 0.25) is 0 Å². The lowest BCUT2D eigenvalue weighted by Crippen LogP contribution is -1.99. The fraction of sp³-hybridized carbons (Fsp3) is 0. The van der Waals surface area contributed by atoms with E-state index in [1.807, 2.05) is 36.4 Å². The Morgan fingerprint density at radius 2 is 0.912 bits per heavy atom. The first kappa shape index (κ1) is 31.6. The van der Waals surface area contributed by atoms with E-state index in [1.165, 1.54) is 32.6 Å². The molecule has 0 unspecified atom stereocenters. The van der Waals surface area contributed by atoms with Crippen LogP contribution in [-0.2, 0) is 0 Å². The van der Waals surface area contributed by atoms with E-state index >= 15 is 0 Å². The molecule has 0 N–H and O–H groups in total. The molecule has 4 heterocycles. The zero-order chi connectivity index (χ0) is 37.5. The van der Waals surface area contributed by atoms with Crippen molar-refractivity contribution in [3.8, 4) is 45.3 Å². The van der Waals surface area contributed by atoms with Crippen LogP contribution in [0.25, 0.3) is 111 Å². The van der Waals surface area contributed by atoms with Crippen LogP contribution in [0.5, 0.6) is 0 Å². The standard InChI is InChI=1S/C52H32N4O/c1-4-15-33(16-5-1)42-32-43(34-17-6-2-7-18-34)54-52(53-42)35-27-28-41-48(31-35)57-47-26-14-25-46(49(41)47)56-45-24-13-11-22-38(45)40-30-29-39-37-21-10-12-23-44(37)55(50(39)51(40)56)36-19-8-3-9-20-36/h1-32H. The predicted molar refractivity (Wildman–Crippen MR) is 234 cm³/mol. The molecule has 0 radical (unpaired) electrons. The molecule has 12 rings (SSSR count). The van der Waals surface area contributed by atoms with Crippen molar-refractivity contribution in [2.75, 3.05) is 0 Å². The van der Waals surface area contributed by atoms with Crippen molar-refractivity contribution in [3.05, 3.63) is 194 Å². The van der Waals surface area contributed by atoms with Crippen molar-refractivity contribution in [2.45, 2.75) is 0 Å². The van der Waals surface area contributed by atoms with Crippen molar-refractivity contribution in [1.82, 2.24) is 19.1 Å². The number of benzene rings is 8. The summed E-state index contributed by atoms with van der Waals surface area (Å²) in [6.07, 6.45) is 0. The molecule has 0 bridgehead atoms. The second-order valence-electron chi connectivity index (χ2n) is 14.6. The summed E-state index contributed by atoms with van der Waals surface area (Å²) in [5.74, 6) is 0.649. The van der Waals surface area contributed by atoms with Gasteiger partial charge in [0.15, 0.2) is 5.82 Å². The molecule has 0 aliphatic heterocycles. The Bertz CT molecular complexity index is 3450. The van der Waals surface area contributed by atoms with Gasteiger partial charge in [0.25, 0.3) is 0 Å². The van der Waals surface area contributed by atoms with Crippen LogP contribution in [0.3, 0.4) is 0 Å². The second kappa shape index (κ2) is 12.4. The van der Waals surface area contributed by atoms with Gasteiger partial charge in [0.2, 0.25) is 0 Å². The molecule has 0 fully saturated rings. The number of nitrogens with zero attached hydrogens (tertiary/aromatic N) is 4. The smallest absolute Gasteiger partial charge is 0.160 e. The first-order valence-electron chi connectivity index (χ1n) is 19.3. The van der Waals surface area contributed by atoms with E-state index in [0.29, 0.717) is 5.82 Å². The van der Waals surface area contributed by atoms with Crippen LogP contribution in [0, 0.1) is 0 Å². The minimum atomic E-state index is 0.649. The molecule has 5 heteroatoms. The van der Waals surface area contributed by atoms with Crippen molar-refractivity contribution in [1.29, 1.82) is 0 Å². The summed E-state index contributed by atoms with van der Waals surface area (Å²) in [5.41, 5.74) is 13.2. The molecule has 8 aromatic carbocycles. The Balaban J connectivity index is 1.12. The minimum Gasteiger partial charge on any atom is -0.456 e. The third kappa shape index (κ3) is 4.82. The summed E-state index contributed by atoms with van der Waals surface area (Å²) in [5, 5.41) is 6.94. The highest BCUT2D eigenvalue weighted by Gasteiger charge is 2.23. The van der Waals surface area contributed by atoms with Gasteiger partial charge in [0.05, 0.1) is 44.5 Å². The average molecular weight is 729 g/mol. The van der Waals surface area contributed by atoms with Gasteiger partial charge in [-0.3, -0.25) is 0 Å². The molecule has 266 valence electrons. The maximum absolute atomic E-state index is 6.76. The van der Waals surface area contributed by atoms with E-state index in [0.717, 1.165) is 72.4 Å². The van der Waals surface area contributed by atoms with Crippen molar-refractivity contribution in [3.63, 3.8) is 0 Å². The summed E-state index contributed by atoms with van der Waals surface area (Å²) < 4.78 is 11.6. The van der Waals surface area contributed by atoms with E-state index in [-0.39, 0.29) is 0 Å². The van der Waals surface area contributed by atoms with E-state index in [2.05, 4.69) is 167 Å². The number of rotatable bonds is 5. The Labute approximate surface area is 327 Å². The van der Waals surface area contributed by atoms with Gasteiger partial charge in [-0.25, -0.2) is 9.97 Å². The van der Waals surface area contributed by atoms with Crippen molar-refractivity contribution in [2.24, 2.45) is 0 Å². The van der Waals surface area contributed by atoms with Gasteiger partial charge in [-0.15, -0.1) is 0 Å². The minimum absolute atomic E-state index is 0.649. The van der Waals surface area contributed by atoms with Crippen molar-refractivity contribution < 1.29 is 4.42 Å². The van der Waals surface area contributed by atoms with Crippen LogP contribution in [0.1, 0.15) is 0 Å². The van der Waals surface area contributed by atoms with E-state index in [4.69, 9.17) is 14.4 Å². The Morgan fingerprint density at radius 3 is 1.56 bits per heavy atom. The molecule has 0 atom stereocenters. The third-order valence-electron chi connectivity index (χ3n) is 11.3. The Morgan fingerprint density at radius 1 is 0.368 bits per heavy atom. The van der Waals surface area contributed by atoms with E-state index < -0.39 is 0 Å². The molecule has 0 saturated heterocycles. The first-order valence-corrected chi connectivity index (χ1v) is 19.3. The van der Waals surface area contributed by atoms with Gasteiger partial charge in [0, 0.05) is 49.3 Å². The zero-order valence-corrected chi connectivity index (χ0v) is 30.7. The highest BCUT2D eigenvalue weighted by molar-refractivity contribution is 6.24. The van der Waals surface area contributed by atoms with Crippen LogP contribution >= 0.6 is 0 Å². The molecule has 0 aliphatic rings. The number of aromatic nitrogens is 4. The summed E-state index contributed by atoms with van der Waals surface area (Å²) in [4.78, 5) is 10.2. The van der Waals surface area contributed by atoms with Gasteiger partial charge >= 0.3 is 0 Å². The molecular formula is C52H32N4O. The second-order valence-corrected chi connectivity index (χ2v) is 14.6. The molecule has 0 spiro atoms. The fourth-order valence-corrected chi connectivity index (χ4v) is 8.82. The number of para-hydroxylation sites is 3. The number of hydrogen-bond donors (Lipinski definition) is 0. The summed E-state index contributed by atoms with van der Waals surface area (Å²) in [7, 11) is 0. The quantitative estimate of drug-likeness (QED) is 0.177. The average Bonchev–Trinajstić information content (AvgIpc) is 3.95. The van der Waals surface area contributed by atoms with Crippen LogP contribution in [-0.4, -0.2) is 19.1 Å². The lowest BCUT2D eigenvalue weighted by atomic mass is 10.1. The van der Waals surface area contributed by atoms with E-state index in [9.17, 15) is 0 Å². The number of hydrogen-bond acceptors (Lipinski definition) is 3. The van der Waals surface area contributed by atoms with Crippen LogP contribution < -0.4 is 0 Å². The van der Waals surface area contributed by atoms with Gasteiger partial charge < -0.3 is 13.6 Å². The normalized spacial score (nSPS) is 11.9. The molecular weight excluding hydrogens is 697 g/mol. The highest BCUT2D eigenvalue weighted by Crippen LogP contribution is 2.44. The molecule has 57 heavy (non-hydrogen) atoms. The zero-order valence-electron chi connectivity index (χ0n) is 30.7. The lowest BCUT2D eigenvalue weighted by Gasteiger charge is -2.13. The van der Waals surface area contributed by atoms with Gasteiger partial charge in [-0.2, -0.15) is 0 Å². The van der Waals surface area contributed by atoms with Gasteiger partial charge in [-0.05, 0) is 54.6 Å². The fourth-order valence-electron chi connectivity index (χ4n) is 8.82. The maximum atomic E-state index is 6.76. The molecule has 12 aromatic rings. The third-order valence-corrected chi connectivity index (χ3v) is 11.3. The largest absolute Gasteiger partial charge is 0.456 e. The van der Waals surface area contributed by atoms with Crippen LogP contribution in [0.4, 0.5) is 0 Å².